The van der Waals surface area contributed by atoms with E-state index in [4.69, 9.17) is 4.42 Å². The van der Waals surface area contributed by atoms with Gasteiger partial charge in [-0.15, -0.1) is 0 Å². The number of nitrogens with zero attached hydrogens (tertiary/aromatic N) is 1. The lowest BCUT2D eigenvalue weighted by Gasteiger charge is -2.27. The zero-order valence-electron chi connectivity index (χ0n) is 18.8. The minimum absolute atomic E-state index is 0.0387. The van der Waals surface area contributed by atoms with Gasteiger partial charge in [-0.25, -0.2) is 8.42 Å². The second-order valence-corrected chi connectivity index (χ2v) is 11.2. The van der Waals surface area contributed by atoms with E-state index in [-0.39, 0.29) is 27.5 Å². The number of hydrogen-bond acceptors (Lipinski definition) is 6. The van der Waals surface area contributed by atoms with Gasteiger partial charge in [0, 0.05) is 40.6 Å². The Balaban J connectivity index is 1.70. The number of carbonyl (C=O) groups is 1. The Morgan fingerprint density at radius 3 is 2.44 bits per heavy atom. The molecule has 4 aromatic rings. The first kappa shape index (κ1) is 22.1. The number of aryl methyl sites for hydroxylation is 1. The van der Waals surface area contributed by atoms with Gasteiger partial charge in [0.2, 0.25) is 0 Å². The third kappa shape index (κ3) is 3.52. The lowest BCUT2D eigenvalue weighted by atomic mass is 9.76. The van der Waals surface area contributed by atoms with Gasteiger partial charge in [-0.3, -0.25) is 19.6 Å². The van der Waals surface area contributed by atoms with E-state index in [2.05, 4.69) is 4.72 Å². The van der Waals surface area contributed by atoms with E-state index in [1.165, 1.54) is 12.1 Å². The lowest BCUT2D eigenvalue weighted by Crippen LogP contribution is -2.25. The number of carbonyl (C=O) groups excluding carboxylic acids is 1. The molecule has 0 unspecified atom stereocenters. The number of nitrogens with one attached hydrogen (secondary N) is 1. The Labute approximate surface area is 195 Å². The van der Waals surface area contributed by atoms with Crippen molar-refractivity contribution in [1.82, 2.24) is 0 Å². The van der Waals surface area contributed by atoms with Crippen molar-refractivity contribution in [3.05, 3.63) is 75.5 Å². The van der Waals surface area contributed by atoms with Crippen LogP contribution in [0.15, 0.2) is 57.8 Å². The molecular formula is C25H22N2O6S. The highest BCUT2D eigenvalue weighted by molar-refractivity contribution is 7.92. The SMILES string of the molecule is Cc1ccc(S(=O)(=O)Nc2cc3c4c(oc3c3ccccc23)CC(C)(C)CC4=O)cc1[N+](=O)[O-]. The van der Waals surface area contributed by atoms with Gasteiger partial charge >= 0.3 is 0 Å². The highest BCUT2D eigenvalue weighted by atomic mass is 32.2. The van der Waals surface area contributed by atoms with Crippen LogP contribution in [0.2, 0.25) is 0 Å². The summed E-state index contributed by atoms with van der Waals surface area (Å²) in [5.74, 6) is 0.568. The number of ketones is 1. The molecule has 0 fully saturated rings. The predicted molar refractivity (Wildman–Crippen MR) is 129 cm³/mol. The van der Waals surface area contributed by atoms with Crippen molar-refractivity contribution in [1.29, 1.82) is 0 Å². The van der Waals surface area contributed by atoms with E-state index in [9.17, 15) is 23.3 Å². The molecule has 5 rings (SSSR count). The Morgan fingerprint density at radius 2 is 1.74 bits per heavy atom. The Kier molecular flexibility index (Phi) is 4.80. The van der Waals surface area contributed by atoms with Gasteiger partial charge in [-0.2, -0.15) is 0 Å². The largest absolute Gasteiger partial charge is 0.460 e. The predicted octanol–water partition coefficient (Wildman–Crippen LogP) is 5.76. The summed E-state index contributed by atoms with van der Waals surface area (Å²) in [5.41, 5.74) is 1.17. The molecule has 1 aromatic heterocycles. The normalized spacial score (nSPS) is 15.4. The summed E-state index contributed by atoms with van der Waals surface area (Å²) in [6, 6.07) is 12.6. The van der Waals surface area contributed by atoms with E-state index >= 15 is 0 Å². The van der Waals surface area contributed by atoms with E-state index in [1.807, 2.05) is 26.0 Å². The van der Waals surface area contributed by atoms with Gasteiger partial charge in [0.05, 0.1) is 21.1 Å². The van der Waals surface area contributed by atoms with Crippen LogP contribution in [0, 0.1) is 22.5 Å². The van der Waals surface area contributed by atoms with Crippen LogP contribution >= 0.6 is 0 Å². The summed E-state index contributed by atoms with van der Waals surface area (Å²) in [7, 11) is -4.15. The molecule has 0 radical (unpaired) electrons. The number of anilines is 1. The number of hydrogen-bond donors (Lipinski definition) is 1. The molecule has 0 aliphatic heterocycles. The third-order valence-electron chi connectivity index (χ3n) is 6.26. The van der Waals surface area contributed by atoms with Crippen LogP contribution in [0.1, 0.15) is 41.9 Å². The smallest absolute Gasteiger partial charge is 0.273 e. The summed E-state index contributed by atoms with van der Waals surface area (Å²) in [5, 5.41) is 13.1. The highest BCUT2D eigenvalue weighted by Gasteiger charge is 2.36. The third-order valence-corrected chi connectivity index (χ3v) is 7.62. The molecule has 9 heteroatoms. The Bertz CT molecular complexity index is 1630. The number of sulfonamides is 1. The maximum absolute atomic E-state index is 13.2. The molecule has 0 saturated carbocycles. The summed E-state index contributed by atoms with van der Waals surface area (Å²) in [6.07, 6.45) is 0.973. The van der Waals surface area contributed by atoms with Gasteiger partial charge in [0.25, 0.3) is 15.7 Å². The van der Waals surface area contributed by atoms with Crippen molar-refractivity contribution in [3.8, 4) is 0 Å². The number of rotatable bonds is 4. The summed E-state index contributed by atoms with van der Waals surface area (Å²) < 4.78 is 35.2. The van der Waals surface area contributed by atoms with E-state index in [0.717, 1.165) is 6.07 Å². The molecule has 3 aromatic carbocycles. The molecule has 174 valence electrons. The molecular weight excluding hydrogens is 456 g/mol. The van der Waals surface area contributed by atoms with Crippen LogP contribution in [0.25, 0.3) is 21.7 Å². The fourth-order valence-corrected chi connectivity index (χ4v) is 5.75. The van der Waals surface area contributed by atoms with Crippen molar-refractivity contribution in [2.45, 2.75) is 38.5 Å². The second-order valence-electron chi connectivity index (χ2n) is 9.50. The molecule has 0 saturated heterocycles. The summed E-state index contributed by atoms with van der Waals surface area (Å²) >= 11 is 0. The van der Waals surface area contributed by atoms with Crippen molar-refractivity contribution in [2.24, 2.45) is 5.41 Å². The monoisotopic (exact) mass is 478 g/mol. The lowest BCUT2D eigenvalue weighted by molar-refractivity contribution is -0.385. The Hall–Kier alpha value is -3.72. The first-order valence-corrected chi connectivity index (χ1v) is 12.2. The van der Waals surface area contributed by atoms with Crippen molar-refractivity contribution in [2.75, 3.05) is 4.72 Å². The van der Waals surface area contributed by atoms with Crippen LogP contribution in [0.3, 0.4) is 0 Å². The van der Waals surface area contributed by atoms with Crippen LogP contribution < -0.4 is 4.72 Å². The van der Waals surface area contributed by atoms with Crippen molar-refractivity contribution in [3.63, 3.8) is 0 Å². The number of fused-ring (bicyclic) bond motifs is 5. The van der Waals surface area contributed by atoms with Gasteiger partial charge < -0.3 is 4.42 Å². The van der Waals surface area contributed by atoms with Crippen LogP contribution in [0.4, 0.5) is 11.4 Å². The topological polar surface area (TPSA) is 120 Å². The van der Waals surface area contributed by atoms with E-state index in [0.29, 0.717) is 51.5 Å². The van der Waals surface area contributed by atoms with Crippen LogP contribution in [-0.2, 0) is 16.4 Å². The van der Waals surface area contributed by atoms with Crippen molar-refractivity contribution < 1.29 is 22.6 Å². The average molecular weight is 479 g/mol. The number of nitro benzene ring substituents is 1. The van der Waals surface area contributed by atoms with E-state index in [1.54, 1.807) is 25.1 Å². The number of Topliss-reactive ketones (excluding diaryl/α,β-unsaturated/α-hetero) is 1. The van der Waals surface area contributed by atoms with Gasteiger partial charge in [0.15, 0.2) is 5.78 Å². The summed E-state index contributed by atoms with van der Waals surface area (Å²) in [4.78, 5) is 23.5. The Morgan fingerprint density at radius 1 is 1.03 bits per heavy atom. The molecule has 1 aliphatic rings. The summed E-state index contributed by atoms with van der Waals surface area (Å²) in [6.45, 7) is 5.57. The molecule has 34 heavy (non-hydrogen) atoms. The maximum Gasteiger partial charge on any atom is 0.273 e. The molecule has 1 aliphatic carbocycles. The highest BCUT2D eigenvalue weighted by Crippen LogP contribution is 2.43. The first-order valence-electron chi connectivity index (χ1n) is 10.7. The van der Waals surface area contributed by atoms with Crippen LogP contribution in [-0.4, -0.2) is 19.1 Å². The molecule has 0 atom stereocenters. The standard InChI is InChI=1S/C25H22N2O6S/c1-14-8-9-15(10-20(14)27(29)30)34(31,32)26-19-11-18-23-21(28)12-25(2,3)13-22(23)33-24(18)17-7-5-4-6-16(17)19/h4-11,26H,12-13H2,1-3H3. The second kappa shape index (κ2) is 7.39. The van der Waals surface area contributed by atoms with Gasteiger partial charge in [-0.1, -0.05) is 44.2 Å². The molecule has 1 N–H and O–H groups in total. The fraction of sp³-hybridized carbons (Fsp3) is 0.240. The quantitative estimate of drug-likeness (QED) is 0.294. The van der Waals surface area contributed by atoms with Gasteiger partial charge in [-0.05, 0) is 24.5 Å². The first-order chi connectivity index (χ1) is 16.0. The van der Waals surface area contributed by atoms with E-state index < -0.39 is 14.9 Å². The van der Waals surface area contributed by atoms with Crippen molar-refractivity contribution >= 4 is 48.9 Å². The number of furan rings is 1. The minimum atomic E-state index is -4.15. The number of benzene rings is 3. The minimum Gasteiger partial charge on any atom is -0.460 e. The molecule has 0 amide bonds. The zero-order valence-corrected chi connectivity index (χ0v) is 19.7. The van der Waals surface area contributed by atoms with Crippen LogP contribution in [0.5, 0.6) is 0 Å². The molecule has 0 spiro atoms. The molecule has 1 heterocycles. The molecule has 8 nitrogen and oxygen atoms in total. The van der Waals surface area contributed by atoms with Gasteiger partial charge in [0.1, 0.15) is 11.3 Å². The maximum atomic E-state index is 13.2. The number of nitro groups is 1. The molecule has 0 bridgehead atoms. The zero-order chi connectivity index (χ0) is 24.4. The average Bonchev–Trinajstić information content (AvgIpc) is 3.11. The fourth-order valence-electron chi connectivity index (χ4n) is 4.66.